The van der Waals surface area contributed by atoms with Gasteiger partial charge < -0.3 is 5.73 Å². The lowest BCUT2D eigenvalue weighted by atomic mass is 9.83. The molecule has 6 heteroatoms. The average molecular weight is 250 g/mol. The normalized spacial score (nSPS) is 19.5. The smallest absolute Gasteiger partial charge is 0.220 e. The predicted octanol–water partition coefficient (Wildman–Crippen LogP) is 0.771. The van der Waals surface area contributed by atoms with E-state index in [1.165, 1.54) is 26.2 Å². The van der Waals surface area contributed by atoms with Crippen LogP contribution in [0.4, 0.5) is 0 Å². The van der Waals surface area contributed by atoms with Crippen molar-refractivity contribution in [2.75, 3.05) is 6.54 Å². The lowest BCUT2D eigenvalue weighted by Gasteiger charge is -2.25. The minimum atomic E-state index is -3.36. The maximum Gasteiger partial charge on any atom is 0.220 e. The van der Waals surface area contributed by atoms with Gasteiger partial charge in [0.15, 0.2) is 0 Å². The lowest BCUT2D eigenvalue weighted by molar-refractivity contribution is 0.297. The van der Waals surface area contributed by atoms with Gasteiger partial charge in [0.05, 0.1) is 4.99 Å². The van der Waals surface area contributed by atoms with Crippen LogP contribution in [0.3, 0.4) is 0 Å². The summed E-state index contributed by atoms with van der Waals surface area (Å²) in [6, 6.07) is 0. The molecule has 1 unspecified atom stereocenters. The fraction of sp³-hybridized carbons (Fsp3) is 0.889. The molecule has 0 amide bonds. The van der Waals surface area contributed by atoms with Gasteiger partial charge in [-0.15, -0.1) is 0 Å². The van der Waals surface area contributed by atoms with E-state index in [-0.39, 0.29) is 4.99 Å². The summed E-state index contributed by atoms with van der Waals surface area (Å²) in [7, 11) is -3.36. The van der Waals surface area contributed by atoms with Gasteiger partial charge in [0.2, 0.25) is 10.0 Å². The van der Waals surface area contributed by atoms with Crippen molar-refractivity contribution >= 4 is 27.2 Å². The molecule has 0 aromatic rings. The zero-order valence-corrected chi connectivity index (χ0v) is 10.5. The summed E-state index contributed by atoms with van der Waals surface area (Å²) in [6.07, 6.45) is 4.66. The quantitative estimate of drug-likeness (QED) is 0.683. The fourth-order valence-corrected chi connectivity index (χ4v) is 2.80. The van der Waals surface area contributed by atoms with Gasteiger partial charge in [-0.1, -0.05) is 31.5 Å². The monoisotopic (exact) mass is 250 g/mol. The van der Waals surface area contributed by atoms with Crippen molar-refractivity contribution in [3.05, 3.63) is 0 Å². The maximum atomic E-state index is 11.6. The average Bonchev–Trinajstić information content (AvgIpc) is 2.07. The van der Waals surface area contributed by atoms with Crippen molar-refractivity contribution < 1.29 is 8.42 Å². The Hall–Kier alpha value is -0.200. The van der Waals surface area contributed by atoms with Crippen molar-refractivity contribution in [1.29, 1.82) is 0 Å². The van der Waals surface area contributed by atoms with E-state index >= 15 is 0 Å². The number of hydrogen-bond donors (Lipinski definition) is 2. The minimum absolute atomic E-state index is 0.0196. The van der Waals surface area contributed by atoms with Crippen molar-refractivity contribution in [1.82, 2.24) is 4.72 Å². The van der Waals surface area contributed by atoms with Crippen LogP contribution < -0.4 is 10.5 Å². The van der Waals surface area contributed by atoms with Gasteiger partial charge in [0, 0.05) is 6.54 Å². The molecule has 15 heavy (non-hydrogen) atoms. The fourth-order valence-electron chi connectivity index (χ4n) is 1.46. The molecule has 4 nitrogen and oxygen atoms in total. The number of nitrogens with two attached hydrogens (primary N) is 1. The van der Waals surface area contributed by atoms with E-state index in [0.29, 0.717) is 12.5 Å². The van der Waals surface area contributed by atoms with Gasteiger partial charge in [0.25, 0.3) is 0 Å². The number of hydrogen-bond acceptors (Lipinski definition) is 3. The second-order valence-corrected chi connectivity index (χ2v) is 6.63. The van der Waals surface area contributed by atoms with E-state index < -0.39 is 15.3 Å². The summed E-state index contributed by atoms with van der Waals surface area (Å²) >= 11 is 4.66. The first-order valence-corrected chi connectivity index (χ1v) is 7.16. The molecule has 0 heterocycles. The summed E-state index contributed by atoms with van der Waals surface area (Å²) in [5, 5.41) is -0.783. The standard InChI is InChI=1S/C9H18N2O2S2/c1-7(9(10)14)15(12,13)11-6-5-8-3-2-4-8/h7-8,11H,2-6H2,1H3,(H2,10,14). The first-order chi connectivity index (χ1) is 6.93. The van der Waals surface area contributed by atoms with E-state index in [0.717, 1.165) is 6.42 Å². The Morgan fingerprint density at radius 3 is 2.60 bits per heavy atom. The molecular formula is C9H18N2O2S2. The molecule has 1 atom stereocenters. The van der Waals surface area contributed by atoms with Gasteiger partial charge in [-0.05, 0) is 19.3 Å². The molecule has 1 fully saturated rings. The van der Waals surface area contributed by atoms with E-state index in [1.807, 2.05) is 0 Å². The molecule has 0 aliphatic heterocycles. The minimum Gasteiger partial charge on any atom is -0.392 e. The largest absolute Gasteiger partial charge is 0.392 e. The summed E-state index contributed by atoms with van der Waals surface area (Å²) in [4.78, 5) is 0.0196. The van der Waals surface area contributed by atoms with Crippen molar-refractivity contribution in [2.45, 2.75) is 37.9 Å². The third-order valence-corrected chi connectivity index (χ3v) is 5.24. The third-order valence-electron chi connectivity index (χ3n) is 2.95. The third kappa shape index (κ3) is 3.70. The zero-order valence-electron chi connectivity index (χ0n) is 8.90. The van der Waals surface area contributed by atoms with Crippen LogP contribution in [-0.4, -0.2) is 25.2 Å². The molecule has 1 aliphatic carbocycles. The molecule has 3 N–H and O–H groups in total. The Bertz CT molecular complexity index is 323. The topological polar surface area (TPSA) is 72.2 Å². The Morgan fingerprint density at radius 1 is 1.60 bits per heavy atom. The molecule has 0 aromatic heterocycles. The van der Waals surface area contributed by atoms with Gasteiger partial charge >= 0.3 is 0 Å². The highest BCUT2D eigenvalue weighted by Gasteiger charge is 2.23. The van der Waals surface area contributed by atoms with Gasteiger partial charge in [0.1, 0.15) is 5.25 Å². The molecule has 1 rings (SSSR count). The molecule has 0 saturated heterocycles. The van der Waals surface area contributed by atoms with Crippen LogP contribution in [0.5, 0.6) is 0 Å². The summed E-state index contributed by atoms with van der Waals surface area (Å²) < 4.78 is 25.7. The number of nitrogens with one attached hydrogen (secondary N) is 1. The molecule has 1 aliphatic rings. The second kappa shape index (κ2) is 5.23. The number of sulfonamides is 1. The summed E-state index contributed by atoms with van der Waals surface area (Å²) in [6.45, 7) is 2.01. The molecule has 1 saturated carbocycles. The zero-order chi connectivity index (χ0) is 11.5. The van der Waals surface area contributed by atoms with Crippen LogP contribution in [0.1, 0.15) is 32.6 Å². The molecule has 0 radical (unpaired) electrons. The molecule has 88 valence electrons. The van der Waals surface area contributed by atoms with Gasteiger partial charge in [-0.2, -0.15) is 0 Å². The molecule has 0 bridgehead atoms. The summed E-state index contributed by atoms with van der Waals surface area (Å²) in [5.41, 5.74) is 5.30. The van der Waals surface area contributed by atoms with Crippen LogP contribution in [-0.2, 0) is 10.0 Å². The van der Waals surface area contributed by atoms with E-state index in [2.05, 4.69) is 16.9 Å². The van der Waals surface area contributed by atoms with Crippen molar-refractivity contribution in [2.24, 2.45) is 11.7 Å². The van der Waals surface area contributed by atoms with E-state index in [4.69, 9.17) is 5.73 Å². The Morgan fingerprint density at radius 2 is 2.20 bits per heavy atom. The maximum absolute atomic E-state index is 11.6. The van der Waals surface area contributed by atoms with Gasteiger partial charge in [-0.25, -0.2) is 13.1 Å². The predicted molar refractivity (Wildman–Crippen MR) is 65.1 cm³/mol. The van der Waals surface area contributed by atoms with Crippen LogP contribution >= 0.6 is 12.2 Å². The van der Waals surface area contributed by atoms with E-state index in [9.17, 15) is 8.42 Å². The highest BCUT2D eigenvalue weighted by atomic mass is 32.2. The Balaban J connectivity index is 2.32. The van der Waals surface area contributed by atoms with Crippen LogP contribution in [0, 0.1) is 5.92 Å². The number of thiocarbonyl (C=S) groups is 1. The Kier molecular flexibility index (Phi) is 4.48. The highest BCUT2D eigenvalue weighted by molar-refractivity contribution is 7.93. The Labute approximate surface area is 96.7 Å². The van der Waals surface area contributed by atoms with Crippen LogP contribution in [0.25, 0.3) is 0 Å². The molecular weight excluding hydrogens is 232 g/mol. The molecule has 0 spiro atoms. The second-order valence-electron chi connectivity index (χ2n) is 4.07. The van der Waals surface area contributed by atoms with Crippen molar-refractivity contribution in [3.63, 3.8) is 0 Å². The first-order valence-electron chi connectivity index (χ1n) is 5.21. The van der Waals surface area contributed by atoms with Crippen LogP contribution in [0.2, 0.25) is 0 Å². The van der Waals surface area contributed by atoms with Crippen molar-refractivity contribution in [3.8, 4) is 0 Å². The lowest BCUT2D eigenvalue weighted by Crippen LogP contribution is -2.40. The highest BCUT2D eigenvalue weighted by Crippen LogP contribution is 2.28. The summed E-state index contributed by atoms with van der Waals surface area (Å²) in [5.74, 6) is 0.702. The van der Waals surface area contributed by atoms with E-state index in [1.54, 1.807) is 0 Å². The first kappa shape index (κ1) is 12.9. The number of rotatable bonds is 6. The molecule has 0 aromatic carbocycles. The van der Waals surface area contributed by atoms with Crippen LogP contribution in [0.15, 0.2) is 0 Å². The SMILES string of the molecule is CC(C(N)=S)S(=O)(=O)NCCC1CCC1. The van der Waals surface area contributed by atoms with Gasteiger partial charge in [-0.3, -0.25) is 0 Å².